The maximum atomic E-state index is 2.30. The van der Waals surface area contributed by atoms with Crippen molar-refractivity contribution in [2.45, 2.75) is 0 Å². The van der Waals surface area contributed by atoms with Crippen molar-refractivity contribution in [1.29, 1.82) is 0 Å². The van der Waals surface area contributed by atoms with Gasteiger partial charge in [-0.15, -0.1) is 22.7 Å². The summed E-state index contributed by atoms with van der Waals surface area (Å²) in [6.45, 7) is 0. The molecule has 0 saturated heterocycles. The molecule has 0 bridgehead atoms. The molecule has 0 atom stereocenters. The number of hydrogen-bond donors (Lipinski definition) is 0. The lowest BCUT2D eigenvalue weighted by atomic mass is 10.1. The monoisotopic (exact) mass is 494 g/mol. The first kappa shape index (κ1) is 21.3. The molecule has 7 rings (SSSR count). The predicted molar refractivity (Wildman–Crippen MR) is 163 cm³/mol. The predicted octanol–water partition coefficient (Wildman–Crippen LogP) is 10.8. The van der Waals surface area contributed by atoms with E-state index in [0.717, 1.165) is 0 Å². The molecular formula is C34H22S2. The Hall–Kier alpha value is -3.98. The molecule has 36 heavy (non-hydrogen) atoms. The fraction of sp³-hybridized carbons (Fsp3) is 0. The first-order valence-electron chi connectivity index (χ1n) is 12.1. The van der Waals surface area contributed by atoms with E-state index in [1.165, 1.54) is 62.6 Å². The van der Waals surface area contributed by atoms with Gasteiger partial charge in [-0.05, 0) is 92.0 Å². The van der Waals surface area contributed by atoms with Gasteiger partial charge in [-0.25, -0.2) is 0 Å². The van der Waals surface area contributed by atoms with Crippen LogP contribution in [0.1, 0.15) is 20.9 Å². The molecule has 5 aromatic carbocycles. The van der Waals surface area contributed by atoms with Gasteiger partial charge in [-0.1, -0.05) is 84.9 Å². The summed E-state index contributed by atoms with van der Waals surface area (Å²) in [5, 5.41) is 7.82. The molecule has 2 heteroatoms. The Labute approximate surface area is 218 Å². The Bertz CT molecular complexity index is 1680. The second kappa shape index (κ2) is 8.91. The van der Waals surface area contributed by atoms with E-state index in [2.05, 4.69) is 133 Å². The average molecular weight is 495 g/mol. The molecule has 2 aromatic heterocycles. The second-order valence-electron chi connectivity index (χ2n) is 9.11. The SMILES string of the molecule is C(=C\c1cc2cc3ccccc3cc2s1)/c1ccc(/C=C/c2cc3cc4ccccc4cc3s2)cc1. The lowest BCUT2D eigenvalue weighted by Gasteiger charge is -1.96. The molecule has 0 amide bonds. The molecule has 0 aliphatic heterocycles. The number of thiophene rings is 2. The highest BCUT2D eigenvalue weighted by atomic mass is 32.1. The van der Waals surface area contributed by atoms with Crippen molar-refractivity contribution in [3.05, 3.63) is 130 Å². The van der Waals surface area contributed by atoms with Crippen molar-refractivity contribution in [3.63, 3.8) is 0 Å². The molecule has 0 fully saturated rings. The third-order valence-corrected chi connectivity index (χ3v) is 8.75. The maximum Gasteiger partial charge on any atom is 0.0355 e. The zero-order chi connectivity index (χ0) is 23.9. The van der Waals surface area contributed by atoms with Crippen LogP contribution in [0.4, 0.5) is 0 Å². The molecule has 0 aliphatic carbocycles. The van der Waals surface area contributed by atoms with Crippen molar-refractivity contribution in [3.8, 4) is 0 Å². The van der Waals surface area contributed by atoms with E-state index in [0.29, 0.717) is 0 Å². The first-order chi connectivity index (χ1) is 17.8. The second-order valence-corrected chi connectivity index (χ2v) is 11.3. The zero-order valence-electron chi connectivity index (χ0n) is 19.5. The van der Waals surface area contributed by atoms with Crippen LogP contribution in [0.3, 0.4) is 0 Å². The standard InChI is InChI=1S/C34H22S2/c1-3-7-27-21-33-29(17-25(27)5-1)19-31(35-33)15-13-23-9-11-24(12-10-23)14-16-32-20-30-18-26-6-2-4-8-28(26)22-34(30)36-32/h1-22H/b15-13+,16-14+. The fourth-order valence-electron chi connectivity index (χ4n) is 4.74. The minimum Gasteiger partial charge on any atom is -0.136 e. The van der Waals surface area contributed by atoms with Crippen LogP contribution in [-0.4, -0.2) is 0 Å². The summed E-state index contributed by atoms with van der Waals surface area (Å²) in [5.74, 6) is 0. The summed E-state index contributed by atoms with van der Waals surface area (Å²) in [6, 6.07) is 39.6. The molecular weight excluding hydrogens is 473 g/mol. The normalized spacial score (nSPS) is 12.2. The van der Waals surface area contributed by atoms with Crippen molar-refractivity contribution in [2.75, 3.05) is 0 Å². The van der Waals surface area contributed by atoms with Crippen molar-refractivity contribution in [2.24, 2.45) is 0 Å². The number of rotatable bonds is 4. The fourth-order valence-corrected chi connectivity index (χ4v) is 6.73. The Morgan fingerprint density at radius 2 is 0.750 bits per heavy atom. The molecule has 0 radical (unpaired) electrons. The molecule has 0 nitrogen and oxygen atoms in total. The Balaban J connectivity index is 1.09. The van der Waals surface area contributed by atoms with E-state index in [1.54, 1.807) is 0 Å². The van der Waals surface area contributed by atoms with Crippen LogP contribution in [0.5, 0.6) is 0 Å². The summed E-state index contributed by atoms with van der Waals surface area (Å²) < 4.78 is 2.67. The van der Waals surface area contributed by atoms with Gasteiger partial charge >= 0.3 is 0 Å². The van der Waals surface area contributed by atoms with Crippen LogP contribution < -0.4 is 0 Å². The van der Waals surface area contributed by atoms with Gasteiger partial charge in [0.2, 0.25) is 0 Å². The topological polar surface area (TPSA) is 0 Å². The van der Waals surface area contributed by atoms with Gasteiger partial charge in [-0.2, -0.15) is 0 Å². The lowest BCUT2D eigenvalue weighted by Crippen LogP contribution is -1.74. The molecule has 7 aromatic rings. The highest BCUT2D eigenvalue weighted by Crippen LogP contribution is 2.32. The highest BCUT2D eigenvalue weighted by Gasteiger charge is 2.03. The Kier molecular flexibility index (Phi) is 5.27. The van der Waals surface area contributed by atoms with Crippen LogP contribution >= 0.6 is 22.7 Å². The number of hydrogen-bond acceptors (Lipinski definition) is 2. The van der Waals surface area contributed by atoms with Crippen LogP contribution in [0.2, 0.25) is 0 Å². The van der Waals surface area contributed by atoms with Crippen LogP contribution in [0.25, 0.3) is 66.0 Å². The third-order valence-electron chi connectivity index (χ3n) is 6.62. The van der Waals surface area contributed by atoms with Gasteiger partial charge in [0.25, 0.3) is 0 Å². The molecule has 2 heterocycles. The highest BCUT2D eigenvalue weighted by molar-refractivity contribution is 7.20. The zero-order valence-corrected chi connectivity index (χ0v) is 21.2. The smallest absolute Gasteiger partial charge is 0.0355 e. The number of fused-ring (bicyclic) bond motifs is 4. The van der Waals surface area contributed by atoms with Crippen LogP contribution in [0.15, 0.2) is 109 Å². The van der Waals surface area contributed by atoms with Gasteiger partial charge < -0.3 is 0 Å². The van der Waals surface area contributed by atoms with E-state index in [9.17, 15) is 0 Å². The summed E-state index contributed by atoms with van der Waals surface area (Å²) in [6.07, 6.45) is 8.85. The first-order valence-corrected chi connectivity index (χ1v) is 13.7. The van der Waals surface area contributed by atoms with Gasteiger partial charge in [0.05, 0.1) is 0 Å². The van der Waals surface area contributed by atoms with E-state index in [1.807, 2.05) is 22.7 Å². The van der Waals surface area contributed by atoms with E-state index < -0.39 is 0 Å². The van der Waals surface area contributed by atoms with E-state index >= 15 is 0 Å². The minimum atomic E-state index is 1.21. The quantitative estimate of drug-likeness (QED) is 0.228. The molecule has 0 N–H and O–H groups in total. The summed E-state index contributed by atoms with van der Waals surface area (Å²) in [4.78, 5) is 2.56. The van der Waals surface area contributed by atoms with Crippen LogP contribution in [0, 0.1) is 0 Å². The van der Waals surface area contributed by atoms with Crippen LogP contribution in [-0.2, 0) is 0 Å². The molecule has 0 aliphatic rings. The molecule has 0 spiro atoms. The average Bonchev–Trinajstić information content (AvgIpc) is 3.50. The number of benzene rings is 5. The van der Waals surface area contributed by atoms with Gasteiger partial charge in [0.1, 0.15) is 0 Å². The van der Waals surface area contributed by atoms with Gasteiger partial charge in [-0.3, -0.25) is 0 Å². The lowest BCUT2D eigenvalue weighted by molar-refractivity contribution is 1.63. The third kappa shape index (κ3) is 4.15. The Morgan fingerprint density at radius 3 is 1.17 bits per heavy atom. The minimum absolute atomic E-state index is 1.21. The van der Waals surface area contributed by atoms with E-state index in [-0.39, 0.29) is 0 Å². The van der Waals surface area contributed by atoms with Crippen molar-refractivity contribution >= 4 is 88.7 Å². The Morgan fingerprint density at radius 1 is 0.361 bits per heavy atom. The van der Waals surface area contributed by atoms with Gasteiger partial charge in [0.15, 0.2) is 0 Å². The largest absolute Gasteiger partial charge is 0.136 e. The van der Waals surface area contributed by atoms with Crippen molar-refractivity contribution < 1.29 is 0 Å². The summed E-state index contributed by atoms with van der Waals surface area (Å²) in [7, 11) is 0. The van der Waals surface area contributed by atoms with E-state index in [4.69, 9.17) is 0 Å². The van der Waals surface area contributed by atoms with Gasteiger partial charge in [0, 0.05) is 19.2 Å². The summed E-state index contributed by atoms with van der Waals surface area (Å²) >= 11 is 3.69. The molecule has 0 unspecified atom stereocenters. The molecule has 0 saturated carbocycles. The maximum absolute atomic E-state index is 2.30. The molecule has 170 valence electrons. The summed E-state index contributed by atoms with van der Waals surface area (Å²) in [5.41, 5.74) is 2.42. The van der Waals surface area contributed by atoms with Crippen molar-refractivity contribution in [1.82, 2.24) is 0 Å².